The minimum atomic E-state index is -0.470. The molecule has 8 heteroatoms. The van der Waals surface area contributed by atoms with Crippen molar-refractivity contribution < 1.29 is 9.72 Å². The number of carbonyl (C=O) groups is 1. The van der Waals surface area contributed by atoms with E-state index in [4.69, 9.17) is 0 Å². The fourth-order valence-corrected chi connectivity index (χ4v) is 3.31. The number of hydrogen-bond acceptors (Lipinski definition) is 7. The first-order valence-corrected chi connectivity index (χ1v) is 8.77. The van der Waals surface area contributed by atoms with Crippen LogP contribution in [0, 0.1) is 10.1 Å². The third-order valence-electron chi connectivity index (χ3n) is 4.68. The van der Waals surface area contributed by atoms with Crippen molar-refractivity contribution in [3.63, 3.8) is 0 Å². The molecule has 1 N–H and O–H groups in total. The molecule has 0 aliphatic carbocycles. The number of nitrogens with zero attached hydrogens (tertiary/aromatic N) is 4. The molecule has 0 radical (unpaired) electrons. The number of aromatic nitrogens is 2. The number of Topliss-reactive ketones (excluding diaryl/α,β-unsaturated/α-hetero) is 1. The number of nitro groups is 1. The molecule has 2 aromatic carbocycles. The van der Waals surface area contributed by atoms with Crippen LogP contribution in [0.1, 0.15) is 22.8 Å². The van der Waals surface area contributed by atoms with E-state index in [1.54, 1.807) is 24.3 Å². The molecule has 0 saturated heterocycles. The van der Waals surface area contributed by atoms with Gasteiger partial charge in [-0.15, -0.1) is 0 Å². The van der Waals surface area contributed by atoms with Crippen molar-refractivity contribution >= 4 is 34.5 Å². The van der Waals surface area contributed by atoms with Crippen molar-refractivity contribution in [2.45, 2.75) is 13.3 Å². The summed E-state index contributed by atoms with van der Waals surface area (Å²) in [6, 6.07) is 14.5. The van der Waals surface area contributed by atoms with Gasteiger partial charge < -0.3 is 10.2 Å². The lowest BCUT2D eigenvalue weighted by atomic mass is 10.1. The van der Waals surface area contributed by atoms with Crippen molar-refractivity contribution in [1.82, 2.24) is 9.97 Å². The summed E-state index contributed by atoms with van der Waals surface area (Å²) >= 11 is 0. The van der Waals surface area contributed by atoms with Crippen molar-refractivity contribution in [3.05, 3.63) is 76.1 Å². The summed E-state index contributed by atoms with van der Waals surface area (Å²) in [5.74, 6) is 0.317. The van der Waals surface area contributed by atoms with E-state index in [0.29, 0.717) is 17.8 Å². The number of nitrogens with one attached hydrogen (secondary N) is 1. The van der Waals surface area contributed by atoms with Crippen LogP contribution in [-0.2, 0) is 6.42 Å². The Morgan fingerprint density at radius 3 is 2.61 bits per heavy atom. The minimum absolute atomic E-state index is 0.0467. The molecule has 0 unspecified atom stereocenters. The van der Waals surface area contributed by atoms with Crippen LogP contribution in [0.15, 0.2) is 54.9 Å². The highest BCUT2D eigenvalue weighted by Gasteiger charge is 2.31. The van der Waals surface area contributed by atoms with Crippen LogP contribution < -0.4 is 10.2 Å². The number of ketones is 1. The van der Waals surface area contributed by atoms with Crippen molar-refractivity contribution in [2.75, 3.05) is 16.8 Å². The van der Waals surface area contributed by atoms with E-state index < -0.39 is 4.92 Å². The molecule has 28 heavy (non-hydrogen) atoms. The Morgan fingerprint density at radius 1 is 1.14 bits per heavy atom. The molecule has 1 aromatic heterocycles. The van der Waals surface area contributed by atoms with Gasteiger partial charge in [0.15, 0.2) is 5.78 Å². The summed E-state index contributed by atoms with van der Waals surface area (Å²) in [5, 5.41) is 14.8. The molecule has 2 heterocycles. The van der Waals surface area contributed by atoms with Gasteiger partial charge in [0, 0.05) is 23.5 Å². The van der Waals surface area contributed by atoms with E-state index >= 15 is 0 Å². The largest absolute Gasteiger partial charge is 0.354 e. The predicted molar refractivity (Wildman–Crippen MR) is 106 cm³/mol. The molecular weight excluding hydrogens is 358 g/mol. The Balaban J connectivity index is 1.72. The third kappa shape index (κ3) is 3.16. The van der Waals surface area contributed by atoms with E-state index in [1.807, 2.05) is 29.2 Å². The highest BCUT2D eigenvalue weighted by molar-refractivity contribution is 5.94. The van der Waals surface area contributed by atoms with Gasteiger partial charge in [-0.3, -0.25) is 14.9 Å². The zero-order valence-electron chi connectivity index (χ0n) is 15.1. The topological polar surface area (TPSA) is 101 Å². The first-order chi connectivity index (χ1) is 13.5. The Labute approximate surface area is 161 Å². The average Bonchev–Trinajstić information content (AvgIpc) is 3.12. The third-order valence-corrected chi connectivity index (χ3v) is 4.68. The smallest absolute Gasteiger partial charge is 0.334 e. The number of para-hydroxylation sites is 1. The maximum absolute atomic E-state index is 11.9. The standard InChI is InChI=1S/C20H17N5O3/c1-13(26)14-6-8-16(9-7-14)23-19-18(25(27)28)20(22-12-21-19)24-11-10-15-4-2-3-5-17(15)24/h2-9,12H,10-11H2,1H3,(H,21,22,23). The molecule has 3 aromatic rings. The number of hydrogen-bond donors (Lipinski definition) is 1. The van der Waals surface area contributed by atoms with Gasteiger partial charge in [-0.1, -0.05) is 18.2 Å². The van der Waals surface area contributed by atoms with Crippen LogP contribution in [0.5, 0.6) is 0 Å². The summed E-state index contributed by atoms with van der Waals surface area (Å²) in [5.41, 5.74) is 3.03. The Kier molecular flexibility index (Phi) is 4.44. The second kappa shape index (κ2) is 7.07. The van der Waals surface area contributed by atoms with Crippen molar-refractivity contribution in [1.29, 1.82) is 0 Å². The average molecular weight is 375 g/mol. The summed E-state index contributed by atoms with van der Waals surface area (Å²) in [6.07, 6.45) is 2.11. The number of fused-ring (bicyclic) bond motifs is 1. The lowest BCUT2D eigenvalue weighted by Gasteiger charge is -2.19. The second-order valence-electron chi connectivity index (χ2n) is 6.44. The molecule has 0 fully saturated rings. The first-order valence-electron chi connectivity index (χ1n) is 8.77. The highest BCUT2D eigenvalue weighted by atomic mass is 16.6. The maximum atomic E-state index is 11.9. The summed E-state index contributed by atoms with van der Waals surface area (Å²) in [7, 11) is 0. The molecule has 0 spiro atoms. The van der Waals surface area contributed by atoms with Gasteiger partial charge in [0.25, 0.3) is 0 Å². The molecule has 0 saturated carbocycles. The quantitative estimate of drug-likeness (QED) is 0.408. The molecule has 0 atom stereocenters. The normalized spacial score (nSPS) is 12.5. The summed E-state index contributed by atoms with van der Waals surface area (Å²) < 4.78 is 0. The van der Waals surface area contributed by atoms with E-state index in [9.17, 15) is 14.9 Å². The highest BCUT2D eigenvalue weighted by Crippen LogP contribution is 2.40. The van der Waals surface area contributed by atoms with Gasteiger partial charge in [-0.05, 0) is 49.2 Å². The number of anilines is 4. The van der Waals surface area contributed by atoms with Gasteiger partial charge in [0.2, 0.25) is 11.6 Å². The fraction of sp³-hybridized carbons (Fsp3) is 0.150. The van der Waals surface area contributed by atoms with Crippen LogP contribution in [0.2, 0.25) is 0 Å². The van der Waals surface area contributed by atoms with Gasteiger partial charge in [0.05, 0.1) is 4.92 Å². The molecule has 8 nitrogen and oxygen atoms in total. The lowest BCUT2D eigenvalue weighted by Crippen LogP contribution is -2.17. The zero-order valence-corrected chi connectivity index (χ0v) is 15.1. The maximum Gasteiger partial charge on any atom is 0.354 e. The van der Waals surface area contributed by atoms with Crippen LogP contribution >= 0.6 is 0 Å². The molecule has 0 bridgehead atoms. The molecule has 1 aliphatic heterocycles. The second-order valence-corrected chi connectivity index (χ2v) is 6.44. The van der Waals surface area contributed by atoms with Crippen LogP contribution in [0.4, 0.5) is 28.7 Å². The zero-order chi connectivity index (χ0) is 19.7. The van der Waals surface area contributed by atoms with Crippen LogP contribution in [-0.4, -0.2) is 27.2 Å². The van der Waals surface area contributed by atoms with E-state index in [1.165, 1.54) is 13.3 Å². The van der Waals surface area contributed by atoms with Crippen LogP contribution in [0.3, 0.4) is 0 Å². The predicted octanol–water partition coefficient (Wildman–Crippen LogP) is 4.03. The minimum Gasteiger partial charge on any atom is -0.334 e. The molecule has 140 valence electrons. The molecule has 4 rings (SSSR count). The monoisotopic (exact) mass is 375 g/mol. The fourth-order valence-electron chi connectivity index (χ4n) is 3.31. The van der Waals surface area contributed by atoms with E-state index in [0.717, 1.165) is 17.7 Å². The number of rotatable bonds is 5. The van der Waals surface area contributed by atoms with E-state index in [2.05, 4.69) is 15.3 Å². The Morgan fingerprint density at radius 2 is 1.89 bits per heavy atom. The Bertz CT molecular complexity index is 1070. The SMILES string of the molecule is CC(=O)c1ccc(Nc2ncnc(N3CCc4ccccc43)c2[N+](=O)[O-])cc1. The van der Waals surface area contributed by atoms with Crippen LogP contribution in [0.25, 0.3) is 0 Å². The van der Waals surface area contributed by atoms with Gasteiger partial charge in [-0.25, -0.2) is 9.97 Å². The number of benzene rings is 2. The molecule has 0 amide bonds. The molecular formula is C20H17N5O3. The Hall–Kier alpha value is -3.81. The lowest BCUT2D eigenvalue weighted by molar-refractivity contribution is -0.383. The van der Waals surface area contributed by atoms with Crippen molar-refractivity contribution in [3.8, 4) is 0 Å². The van der Waals surface area contributed by atoms with Gasteiger partial charge in [-0.2, -0.15) is 0 Å². The summed E-state index contributed by atoms with van der Waals surface area (Å²) in [6.45, 7) is 2.10. The molecule has 1 aliphatic rings. The summed E-state index contributed by atoms with van der Waals surface area (Å²) in [4.78, 5) is 32.9. The van der Waals surface area contributed by atoms with E-state index in [-0.39, 0.29) is 23.1 Å². The first kappa shape index (κ1) is 17.6. The number of carbonyl (C=O) groups excluding carboxylic acids is 1. The van der Waals surface area contributed by atoms with Crippen molar-refractivity contribution in [2.24, 2.45) is 0 Å². The van der Waals surface area contributed by atoms with Gasteiger partial charge >= 0.3 is 5.69 Å². The van der Waals surface area contributed by atoms with Gasteiger partial charge in [0.1, 0.15) is 6.33 Å².